The van der Waals surface area contributed by atoms with Gasteiger partial charge in [0.05, 0.1) is 0 Å². The van der Waals surface area contributed by atoms with Crippen molar-refractivity contribution in [1.29, 1.82) is 0 Å². The Morgan fingerprint density at radius 1 is 1.38 bits per heavy atom. The summed E-state index contributed by atoms with van der Waals surface area (Å²) in [5, 5.41) is 11.4. The number of rotatable bonds is 10. The van der Waals surface area contributed by atoms with Crippen molar-refractivity contribution in [3.05, 3.63) is 35.5 Å². The number of nitrogens with one attached hydrogen (secondary N) is 1. The lowest BCUT2D eigenvalue weighted by Gasteiger charge is -2.09. The van der Waals surface area contributed by atoms with E-state index in [-0.39, 0.29) is 18.6 Å². The standard InChI is InChI=1S/C16H26N2O3/c1-13(5-3-7-14(2)12-20)6-4-8-16(21)18-11-15(17)9-10-19/h4,6-8,12,15,19H,3,5,9-11,17H2,1-2H3,(H,18,21)/b8-4+,13-6+,14-7+/t15-/m0/s1. The van der Waals surface area contributed by atoms with Crippen LogP contribution in [0.15, 0.2) is 35.5 Å². The molecule has 0 heterocycles. The Morgan fingerprint density at radius 3 is 2.71 bits per heavy atom. The molecule has 0 aromatic rings. The Bertz CT molecular complexity index is 412. The van der Waals surface area contributed by atoms with Crippen molar-refractivity contribution in [1.82, 2.24) is 5.32 Å². The van der Waals surface area contributed by atoms with E-state index < -0.39 is 0 Å². The van der Waals surface area contributed by atoms with E-state index in [1.54, 1.807) is 13.0 Å². The lowest BCUT2D eigenvalue weighted by molar-refractivity contribution is -0.116. The van der Waals surface area contributed by atoms with E-state index in [0.29, 0.717) is 13.0 Å². The third kappa shape index (κ3) is 11.8. The van der Waals surface area contributed by atoms with Crippen LogP contribution in [-0.2, 0) is 9.59 Å². The molecule has 0 spiro atoms. The molecule has 0 fully saturated rings. The molecule has 0 aliphatic carbocycles. The minimum atomic E-state index is -0.225. The first-order valence-electron chi connectivity index (χ1n) is 7.09. The minimum Gasteiger partial charge on any atom is -0.396 e. The van der Waals surface area contributed by atoms with Gasteiger partial charge in [-0.05, 0) is 38.7 Å². The minimum absolute atomic E-state index is 0.0207. The number of carbonyl (C=O) groups excluding carboxylic acids is 2. The Morgan fingerprint density at radius 2 is 2.10 bits per heavy atom. The molecule has 0 aromatic carbocycles. The van der Waals surface area contributed by atoms with Crippen molar-refractivity contribution in [3.8, 4) is 0 Å². The van der Waals surface area contributed by atoms with Crippen LogP contribution in [0.4, 0.5) is 0 Å². The van der Waals surface area contributed by atoms with Crippen molar-refractivity contribution < 1.29 is 14.7 Å². The second-order valence-electron chi connectivity index (χ2n) is 4.99. The van der Waals surface area contributed by atoms with Crippen LogP contribution in [0.1, 0.15) is 33.1 Å². The monoisotopic (exact) mass is 294 g/mol. The highest BCUT2D eigenvalue weighted by molar-refractivity contribution is 5.87. The third-order valence-corrected chi connectivity index (χ3v) is 2.86. The summed E-state index contributed by atoms with van der Waals surface area (Å²) in [7, 11) is 0. The smallest absolute Gasteiger partial charge is 0.244 e. The summed E-state index contributed by atoms with van der Waals surface area (Å²) in [6.07, 6.45) is 9.86. The molecule has 5 nitrogen and oxygen atoms in total. The van der Waals surface area contributed by atoms with Gasteiger partial charge in [0.15, 0.2) is 0 Å². The number of aldehydes is 1. The van der Waals surface area contributed by atoms with Crippen LogP contribution < -0.4 is 11.1 Å². The lowest BCUT2D eigenvalue weighted by Crippen LogP contribution is -2.37. The summed E-state index contributed by atoms with van der Waals surface area (Å²) >= 11 is 0. The first-order chi connectivity index (χ1) is 9.99. The molecule has 0 saturated carbocycles. The second kappa shape index (κ2) is 12.1. The summed E-state index contributed by atoms with van der Waals surface area (Å²) in [6, 6.07) is -0.225. The van der Waals surface area contributed by atoms with Crippen LogP contribution in [0.3, 0.4) is 0 Å². The molecule has 1 amide bonds. The summed E-state index contributed by atoms with van der Waals surface area (Å²) in [5.41, 5.74) is 7.52. The van der Waals surface area contributed by atoms with Gasteiger partial charge in [-0.2, -0.15) is 0 Å². The van der Waals surface area contributed by atoms with Crippen molar-refractivity contribution in [3.63, 3.8) is 0 Å². The summed E-state index contributed by atoms with van der Waals surface area (Å²) in [6.45, 7) is 4.12. The molecule has 0 bridgehead atoms. The Labute approximate surface area is 126 Å². The Kier molecular flexibility index (Phi) is 11.1. The van der Waals surface area contributed by atoms with Crippen LogP contribution in [-0.4, -0.2) is 36.5 Å². The molecule has 0 saturated heterocycles. The zero-order valence-corrected chi connectivity index (χ0v) is 12.8. The normalized spacial score (nSPS) is 14.3. The molecule has 0 radical (unpaired) electrons. The number of hydrogen-bond acceptors (Lipinski definition) is 4. The first-order valence-corrected chi connectivity index (χ1v) is 7.09. The van der Waals surface area contributed by atoms with E-state index in [1.165, 1.54) is 6.08 Å². The highest BCUT2D eigenvalue weighted by Crippen LogP contribution is 2.06. The molecular formula is C16H26N2O3. The summed E-state index contributed by atoms with van der Waals surface area (Å²) < 4.78 is 0. The van der Waals surface area contributed by atoms with E-state index in [1.807, 2.05) is 19.1 Å². The van der Waals surface area contributed by atoms with Crippen LogP contribution in [0.5, 0.6) is 0 Å². The van der Waals surface area contributed by atoms with E-state index in [4.69, 9.17) is 10.8 Å². The molecule has 0 unspecified atom stereocenters. The van der Waals surface area contributed by atoms with Crippen LogP contribution in [0.25, 0.3) is 0 Å². The maximum Gasteiger partial charge on any atom is 0.244 e. The number of allylic oxidation sites excluding steroid dienone is 5. The fourth-order valence-electron chi connectivity index (χ4n) is 1.52. The van der Waals surface area contributed by atoms with Crippen LogP contribution in [0, 0.1) is 0 Å². The highest BCUT2D eigenvalue weighted by atomic mass is 16.3. The van der Waals surface area contributed by atoms with Crippen molar-refractivity contribution in [2.45, 2.75) is 39.2 Å². The lowest BCUT2D eigenvalue weighted by atomic mass is 10.1. The molecule has 1 atom stereocenters. The molecule has 0 rings (SSSR count). The fraction of sp³-hybridized carbons (Fsp3) is 0.500. The van der Waals surface area contributed by atoms with E-state index in [9.17, 15) is 9.59 Å². The number of hydrogen-bond donors (Lipinski definition) is 3. The van der Waals surface area contributed by atoms with Gasteiger partial charge in [0, 0.05) is 25.3 Å². The van der Waals surface area contributed by atoms with Gasteiger partial charge in [-0.25, -0.2) is 0 Å². The molecule has 0 aliphatic rings. The number of aliphatic hydroxyl groups is 1. The topological polar surface area (TPSA) is 92.4 Å². The summed E-state index contributed by atoms with van der Waals surface area (Å²) in [5.74, 6) is -0.205. The first kappa shape index (κ1) is 19.3. The van der Waals surface area contributed by atoms with Crippen molar-refractivity contribution in [2.24, 2.45) is 5.73 Å². The number of carbonyl (C=O) groups is 2. The van der Waals surface area contributed by atoms with Crippen molar-refractivity contribution >= 4 is 12.2 Å². The van der Waals surface area contributed by atoms with E-state index in [2.05, 4.69) is 5.32 Å². The molecule has 118 valence electrons. The zero-order valence-electron chi connectivity index (χ0n) is 12.8. The molecule has 0 aromatic heterocycles. The Balaban J connectivity index is 4.03. The SMILES string of the molecule is C/C(C=O)=C\CC/C(C)=C/C=C/C(=O)NC[C@@H](N)CCO. The van der Waals surface area contributed by atoms with Gasteiger partial charge in [0.1, 0.15) is 6.29 Å². The van der Waals surface area contributed by atoms with Gasteiger partial charge in [-0.3, -0.25) is 9.59 Å². The Hall–Kier alpha value is -1.72. The zero-order chi connectivity index (χ0) is 16.1. The molecule has 21 heavy (non-hydrogen) atoms. The molecule has 5 heteroatoms. The number of aliphatic hydroxyl groups excluding tert-OH is 1. The largest absolute Gasteiger partial charge is 0.396 e. The van der Waals surface area contributed by atoms with Gasteiger partial charge in [-0.1, -0.05) is 23.8 Å². The maximum atomic E-state index is 11.5. The van der Waals surface area contributed by atoms with E-state index >= 15 is 0 Å². The van der Waals surface area contributed by atoms with Gasteiger partial charge in [0.2, 0.25) is 5.91 Å². The van der Waals surface area contributed by atoms with Gasteiger partial charge >= 0.3 is 0 Å². The van der Waals surface area contributed by atoms with Crippen molar-refractivity contribution in [2.75, 3.05) is 13.2 Å². The van der Waals surface area contributed by atoms with Gasteiger partial charge in [0.25, 0.3) is 0 Å². The number of amides is 1. The summed E-state index contributed by atoms with van der Waals surface area (Å²) in [4.78, 5) is 21.9. The fourth-order valence-corrected chi connectivity index (χ4v) is 1.52. The van der Waals surface area contributed by atoms with Gasteiger partial charge in [-0.15, -0.1) is 0 Å². The quantitative estimate of drug-likeness (QED) is 0.321. The average Bonchev–Trinajstić information content (AvgIpc) is 2.45. The average molecular weight is 294 g/mol. The third-order valence-electron chi connectivity index (χ3n) is 2.86. The highest BCUT2D eigenvalue weighted by Gasteiger charge is 2.02. The van der Waals surface area contributed by atoms with Gasteiger partial charge < -0.3 is 16.2 Å². The molecular weight excluding hydrogens is 268 g/mol. The number of nitrogens with two attached hydrogens (primary N) is 1. The predicted molar refractivity (Wildman–Crippen MR) is 84.6 cm³/mol. The molecule has 0 aliphatic heterocycles. The van der Waals surface area contributed by atoms with E-state index in [0.717, 1.165) is 30.3 Å². The predicted octanol–water partition coefficient (Wildman–Crippen LogP) is 1.24. The van der Waals surface area contributed by atoms with Crippen LogP contribution >= 0.6 is 0 Å². The van der Waals surface area contributed by atoms with Crippen LogP contribution in [0.2, 0.25) is 0 Å². The maximum absolute atomic E-state index is 11.5. The molecule has 4 N–H and O–H groups in total. The second-order valence-corrected chi connectivity index (χ2v) is 4.99.